The van der Waals surface area contributed by atoms with E-state index in [1.807, 2.05) is 0 Å². The van der Waals surface area contributed by atoms with Gasteiger partial charge in [0.25, 0.3) is 0 Å². The minimum atomic E-state index is 0.525. The molecule has 1 saturated heterocycles. The van der Waals surface area contributed by atoms with Crippen molar-refractivity contribution in [3.05, 3.63) is 30.3 Å². The molecule has 3 rings (SSSR count). The van der Waals surface area contributed by atoms with Gasteiger partial charge in [-0.05, 0) is 37.3 Å². The summed E-state index contributed by atoms with van der Waals surface area (Å²) in [6, 6.07) is 10.6. The highest BCUT2D eigenvalue weighted by Crippen LogP contribution is 2.33. The third-order valence-corrected chi connectivity index (χ3v) is 4.17. The van der Waals surface area contributed by atoms with Crippen molar-refractivity contribution >= 4 is 5.69 Å². The van der Waals surface area contributed by atoms with Crippen LogP contribution in [0.4, 0.5) is 5.69 Å². The van der Waals surface area contributed by atoms with Crippen molar-refractivity contribution in [2.45, 2.75) is 38.2 Å². The van der Waals surface area contributed by atoms with Crippen molar-refractivity contribution in [2.24, 2.45) is 5.92 Å². The summed E-state index contributed by atoms with van der Waals surface area (Å²) in [7, 11) is 0. The van der Waals surface area contributed by atoms with Gasteiger partial charge in [-0.15, -0.1) is 0 Å². The average Bonchev–Trinajstić information content (AvgIpc) is 2.94. The Kier molecular flexibility index (Phi) is 3.32. The first-order valence-corrected chi connectivity index (χ1v) is 6.85. The molecular formula is C15H21NO. The van der Waals surface area contributed by atoms with Gasteiger partial charge in [0.2, 0.25) is 0 Å². The molecule has 2 nitrogen and oxygen atoms in total. The second kappa shape index (κ2) is 5.09. The second-order valence-electron chi connectivity index (χ2n) is 5.27. The monoisotopic (exact) mass is 231 g/mol. The normalized spacial score (nSPS) is 26.4. The second-order valence-corrected chi connectivity index (χ2v) is 5.27. The molecule has 92 valence electrons. The van der Waals surface area contributed by atoms with Crippen LogP contribution in [0.1, 0.15) is 32.1 Å². The fourth-order valence-corrected chi connectivity index (χ4v) is 3.16. The number of rotatable bonds is 2. The van der Waals surface area contributed by atoms with Crippen LogP contribution in [0.2, 0.25) is 0 Å². The first-order valence-electron chi connectivity index (χ1n) is 6.85. The summed E-state index contributed by atoms with van der Waals surface area (Å²) in [4.78, 5) is 2.34. The third kappa shape index (κ3) is 2.47. The number of para-hydroxylation sites is 1. The Morgan fingerprint density at radius 3 is 2.41 bits per heavy atom. The summed E-state index contributed by atoms with van der Waals surface area (Å²) >= 11 is 0. The standard InChI is InChI=1S/C15H21NO/c1-2-8-14(9-3-1)16-11-10-15(17-12-16)13-6-4-5-7-13/h1-3,8-9,13,15H,4-7,10-12H2. The summed E-state index contributed by atoms with van der Waals surface area (Å²) in [6.45, 7) is 1.91. The van der Waals surface area contributed by atoms with Gasteiger partial charge in [-0.25, -0.2) is 0 Å². The maximum atomic E-state index is 6.05. The van der Waals surface area contributed by atoms with Crippen molar-refractivity contribution in [3.63, 3.8) is 0 Å². The molecule has 0 bridgehead atoms. The largest absolute Gasteiger partial charge is 0.358 e. The highest BCUT2D eigenvalue weighted by atomic mass is 16.5. The van der Waals surface area contributed by atoms with Crippen molar-refractivity contribution in [3.8, 4) is 0 Å². The predicted molar refractivity (Wildman–Crippen MR) is 70.1 cm³/mol. The van der Waals surface area contributed by atoms with Crippen molar-refractivity contribution in [1.29, 1.82) is 0 Å². The highest BCUT2D eigenvalue weighted by molar-refractivity contribution is 5.45. The van der Waals surface area contributed by atoms with Gasteiger partial charge in [0, 0.05) is 12.2 Å². The van der Waals surface area contributed by atoms with Crippen molar-refractivity contribution < 1.29 is 4.74 Å². The van der Waals surface area contributed by atoms with E-state index in [2.05, 4.69) is 35.2 Å². The van der Waals surface area contributed by atoms with Gasteiger partial charge in [-0.1, -0.05) is 31.0 Å². The Labute approximate surface area is 104 Å². The molecule has 17 heavy (non-hydrogen) atoms. The maximum Gasteiger partial charge on any atom is 0.119 e. The Bertz CT molecular complexity index is 337. The molecule has 1 atom stereocenters. The van der Waals surface area contributed by atoms with Gasteiger partial charge < -0.3 is 9.64 Å². The SMILES string of the molecule is c1ccc(N2CCC(C3CCCC3)OC2)cc1. The van der Waals surface area contributed by atoms with Gasteiger partial charge in [0.15, 0.2) is 0 Å². The zero-order chi connectivity index (χ0) is 11.5. The summed E-state index contributed by atoms with van der Waals surface area (Å²) in [6.07, 6.45) is 7.31. The van der Waals surface area contributed by atoms with Crippen LogP contribution < -0.4 is 4.90 Å². The number of hydrogen-bond acceptors (Lipinski definition) is 2. The summed E-state index contributed by atoms with van der Waals surface area (Å²) in [5.41, 5.74) is 1.29. The fraction of sp³-hybridized carbons (Fsp3) is 0.600. The Hall–Kier alpha value is -1.02. The topological polar surface area (TPSA) is 12.5 Å². The third-order valence-electron chi connectivity index (χ3n) is 4.17. The molecule has 0 N–H and O–H groups in total. The van der Waals surface area contributed by atoms with Crippen LogP contribution in [0.5, 0.6) is 0 Å². The van der Waals surface area contributed by atoms with E-state index >= 15 is 0 Å². The molecule has 1 aliphatic carbocycles. The van der Waals surface area contributed by atoms with Crippen LogP contribution in [0.3, 0.4) is 0 Å². The molecule has 2 fully saturated rings. The molecule has 1 heterocycles. The number of hydrogen-bond donors (Lipinski definition) is 0. The molecule has 0 radical (unpaired) electrons. The molecular weight excluding hydrogens is 210 g/mol. The van der Waals surface area contributed by atoms with Crippen LogP contribution in [0.15, 0.2) is 30.3 Å². The predicted octanol–water partition coefficient (Wildman–Crippen LogP) is 3.43. The van der Waals surface area contributed by atoms with Crippen LogP contribution in [0.25, 0.3) is 0 Å². The zero-order valence-corrected chi connectivity index (χ0v) is 10.3. The van der Waals surface area contributed by atoms with E-state index in [9.17, 15) is 0 Å². The van der Waals surface area contributed by atoms with Crippen molar-refractivity contribution in [1.82, 2.24) is 0 Å². The molecule has 0 amide bonds. The van der Waals surface area contributed by atoms with E-state index in [0.717, 1.165) is 19.2 Å². The van der Waals surface area contributed by atoms with Crippen LogP contribution in [-0.4, -0.2) is 19.4 Å². The van der Waals surface area contributed by atoms with Gasteiger partial charge in [-0.3, -0.25) is 0 Å². The maximum absolute atomic E-state index is 6.05. The molecule has 2 aliphatic rings. The van der Waals surface area contributed by atoms with E-state index in [0.29, 0.717) is 6.10 Å². The molecule has 0 spiro atoms. The van der Waals surface area contributed by atoms with Crippen LogP contribution >= 0.6 is 0 Å². The smallest absolute Gasteiger partial charge is 0.119 e. The molecule has 1 aliphatic heterocycles. The van der Waals surface area contributed by atoms with Crippen LogP contribution in [0, 0.1) is 5.92 Å². The van der Waals surface area contributed by atoms with Gasteiger partial charge in [-0.2, -0.15) is 0 Å². The number of nitrogens with zero attached hydrogens (tertiary/aromatic N) is 1. The summed E-state index contributed by atoms with van der Waals surface area (Å²) in [5.74, 6) is 0.841. The first-order chi connectivity index (χ1) is 8.43. The first kappa shape index (κ1) is 11.1. The molecule has 0 aromatic heterocycles. The average molecular weight is 231 g/mol. The fourth-order valence-electron chi connectivity index (χ4n) is 3.16. The lowest BCUT2D eigenvalue weighted by Crippen LogP contribution is -2.40. The van der Waals surface area contributed by atoms with Gasteiger partial charge >= 0.3 is 0 Å². The van der Waals surface area contributed by atoms with Gasteiger partial charge in [0.05, 0.1) is 6.10 Å². The van der Waals surface area contributed by atoms with E-state index in [1.54, 1.807) is 0 Å². The van der Waals surface area contributed by atoms with Crippen LogP contribution in [-0.2, 0) is 4.74 Å². The lowest BCUT2D eigenvalue weighted by atomic mass is 9.97. The number of benzene rings is 1. The van der Waals surface area contributed by atoms with Gasteiger partial charge in [0.1, 0.15) is 6.73 Å². The Morgan fingerprint density at radius 1 is 1.00 bits per heavy atom. The minimum absolute atomic E-state index is 0.525. The Balaban J connectivity index is 1.57. The molecule has 1 unspecified atom stereocenters. The quantitative estimate of drug-likeness (QED) is 0.773. The summed E-state index contributed by atoms with van der Waals surface area (Å²) < 4.78 is 6.05. The molecule has 1 aromatic carbocycles. The van der Waals surface area contributed by atoms with E-state index in [1.165, 1.54) is 37.8 Å². The number of anilines is 1. The molecule has 1 aromatic rings. The lowest BCUT2D eigenvalue weighted by molar-refractivity contribution is -0.0110. The number of ether oxygens (including phenoxy) is 1. The Morgan fingerprint density at radius 2 is 1.76 bits per heavy atom. The highest BCUT2D eigenvalue weighted by Gasteiger charge is 2.29. The van der Waals surface area contributed by atoms with E-state index in [4.69, 9.17) is 4.74 Å². The zero-order valence-electron chi connectivity index (χ0n) is 10.3. The molecule has 2 heteroatoms. The lowest BCUT2D eigenvalue weighted by Gasteiger charge is -2.36. The van der Waals surface area contributed by atoms with E-state index < -0.39 is 0 Å². The minimum Gasteiger partial charge on any atom is -0.358 e. The van der Waals surface area contributed by atoms with E-state index in [-0.39, 0.29) is 0 Å². The molecule has 1 saturated carbocycles. The summed E-state index contributed by atoms with van der Waals surface area (Å²) in [5, 5.41) is 0. The van der Waals surface area contributed by atoms with Crippen molar-refractivity contribution in [2.75, 3.05) is 18.2 Å².